The third-order valence-corrected chi connectivity index (χ3v) is 6.26. The summed E-state index contributed by atoms with van der Waals surface area (Å²) >= 11 is 12.3. The van der Waals surface area contributed by atoms with Gasteiger partial charge in [-0.1, -0.05) is 29.3 Å². The summed E-state index contributed by atoms with van der Waals surface area (Å²) < 4.78 is 33.6. The largest absolute Gasteiger partial charge is 0.494 e. The van der Waals surface area contributed by atoms with Crippen LogP contribution < -0.4 is 14.8 Å². The molecule has 0 aliphatic heterocycles. The van der Waals surface area contributed by atoms with Crippen LogP contribution in [0.15, 0.2) is 59.5 Å². The van der Waals surface area contributed by atoms with Gasteiger partial charge in [0.2, 0.25) is 0 Å². The Labute approximate surface area is 190 Å². The van der Waals surface area contributed by atoms with E-state index in [0.717, 1.165) is 6.07 Å². The number of halogens is 2. The van der Waals surface area contributed by atoms with E-state index in [9.17, 15) is 13.2 Å². The Morgan fingerprint density at radius 2 is 1.77 bits per heavy atom. The lowest BCUT2D eigenvalue weighted by Crippen LogP contribution is -2.17. The fourth-order valence-electron chi connectivity index (χ4n) is 2.70. The second-order valence-corrected chi connectivity index (χ2v) is 8.91. The molecule has 162 valence electrons. The van der Waals surface area contributed by atoms with Gasteiger partial charge in [-0.2, -0.15) is 0 Å². The lowest BCUT2D eigenvalue weighted by atomic mass is 10.2. The SMILES string of the molecule is CCOc1ccc(NS(=O)(=O)c2cc(C(=O)Nc3cccc(C)n3)c(Cl)cc2Cl)cc1. The van der Waals surface area contributed by atoms with Crippen LogP contribution in [-0.4, -0.2) is 25.9 Å². The number of benzene rings is 2. The number of carbonyl (C=O) groups excluding carboxylic acids is 1. The quantitative estimate of drug-likeness (QED) is 0.488. The fourth-order valence-corrected chi connectivity index (χ4v) is 4.62. The number of anilines is 2. The first-order valence-corrected chi connectivity index (χ1v) is 11.4. The minimum Gasteiger partial charge on any atom is -0.494 e. The molecule has 3 rings (SSSR count). The molecule has 0 unspecified atom stereocenters. The van der Waals surface area contributed by atoms with Crippen LogP contribution in [-0.2, 0) is 10.0 Å². The van der Waals surface area contributed by atoms with E-state index in [4.69, 9.17) is 27.9 Å². The Kier molecular flexibility index (Phi) is 7.04. The van der Waals surface area contributed by atoms with Crippen molar-refractivity contribution in [1.29, 1.82) is 0 Å². The number of hydrogen-bond donors (Lipinski definition) is 2. The standard InChI is InChI=1S/C21H19Cl2N3O4S/c1-3-30-15-9-7-14(8-10-15)26-31(28,29)19-11-16(17(22)12-18(19)23)21(27)25-20-6-4-5-13(2)24-20/h4-12,26H,3H2,1-2H3,(H,24,25,27). The summed E-state index contributed by atoms with van der Waals surface area (Å²) in [7, 11) is -4.10. The third-order valence-electron chi connectivity index (χ3n) is 4.10. The van der Waals surface area contributed by atoms with Gasteiger partial charge in [0.05, 0.1) is 22.2 Å². The molecule has 0 saturated carbocycles. The van der Waals surface area contributed by atoms with Crippen molar-refractivity contribution < 1.29 is 17.9 Å². The molecule has 0 bridgehead atoms. The maximum Gasteiger partial charge on any atom is 0.263 e. The van der Waals surface area contributed by atoms with E-state index >= 15 is 0 Å². The second kappa shape index (κ2) is 9.55. The number of pyridine rings is 1. The number of amides is 1. The van der Waals surface area contributed by atoms with Crippen molar-refractivity contribution in [3.05, 3.63) is 75.9 Å². The minimum atomic E-state index is -4.10. The molecule has 1 aromatic heterocycles. The van der Waals surface area contributed by atoms with E-state index in [2.05, 4.69) is 15.0 Å². The average Bonchev–Trinajstić information content (AvgIpc) is 2.69. The Balaban J connectivity index is 1.89. The molecule has 0 aliphatic carbocycles. The Bertz CT molecular complexity index is 1220. The molecule has 0 spiro atoms. The molecule has 10 heteroatoms. The van der Waals surface area contributed by atoms with Crippen LogP contribution in [0, 0.1) is 6.92 Å². The molecular weight excluding hydrogens is 461 g/mol. The summed E-state index contributed by atoms with van der Waals surface area (Å²) in [5.41, 5.74) is 0.966. The summed E-state index contributed by atoms with van der Waals surface area (Å²) in [4.78, 5) is 16.6. The molecule has 3 aromatic rings. The lowest BCUT2D eigenvalue weighted by molar-refractivity contribution is 0.102. The van der Waals surface area contributed by atoms with Gasteiger partial charge < -0.3 is 10.1 Å². The summed E-state index contributed by atoms with van der Waals surface area (Å²) in [6.07, 6.45) is 0. The molecule has 0 saturated heterocycles. The predicted molar refractivity (Wildman–Crippen MR) is 122 cm³/mol. The molecule has 1 heterocycles. The van der Waals surface area contributed by atoms with Crippen LogP contribution in [0.2, 0.25) is 10.0 Å². The number of aromatic nitrogens is 1. The van der Waals surface area contributed by atoms with E-state index < -0.39 is 15.9 Å². The molecule has 31 heavy (non-hydrogen) atoms. The smallest absolute Gasteiger partial charge is 0.263 e. The van der Waals surface area contributed by atoms with Crippen LogP contribution in [0.4, 0.5) is 11.5 Å². The van der Waals surface area contributed by atoms with Gasteiger partial charge in [-0.3, -0.25) is 9.52 Å². The first kappa shape index (κ1) is 22.9. The van der Waals surface area contributed by atoms with Crippen molar-refractivity contribution in [2.24, 2.45) is 0 Å². The first-order chi connectivity index (χ1) is 14.7. The molecule has 0 aliphatic rings. The first-order valence-electron chi connectivity index (χ1n) is 9.19. The molecule has 1 amide bonds. The maximum absolute atomic E-state index is 12.9. The average molecular weight is 480 g/mol. The number of carbonyl (C=O) groups is 1. The van der Waals surface area contributed by atoms with E-state index in [1.165, 1.54) is 6.07 Å². The number of nitrogens with one attached hydrogen (secondary N) is 2. The fraction of sp³-hybridized carbons (Fsp3) is 0.143. The Morgan fingerprint density at radius 3 is 2.42 bits per heavy atom. The van der Waals surface area contributed by atoms with Gasteiger partial charge in [-0.05, 0) is 62.4 Å². The van der Waals surface area contributed by atoms with Crippen LogP contribution in [0.1, 0.15) is 23.0 Å². The van der Waals surface area contributed by atoms with Gasteiger partial charge in [0.1, 0.15) is 16.5 Å². The monoisotopic (exact) mass is 479 g/mol. The summed E-state index contributed by atoms with van der Waals surface area (Å²) in [6, 6.07) is 13.9. The molecule has 2 N–H and O–H groups in total. The van der Waals surface area contributed by atoms with Crippen LogP contribution in [0.5, 0.6) is 5.75 Å². The van der Waals surface area contributed by atoms with Crippen molar-refractivity contribution in [3.63, 3.8) is 0 Å². The minimum absolute atomic E-state index is 0.00942. The zero-order valence-corrected chi connectivity index (χ0v) is 19.0. The number of hydrogen-bond acceptors (Lipinski definition) is 5. The van der Waals surface area contributed by atoms with Gasteiger partial charge in [-0.15, -0.1) is 0 Å². The van der Waals surface area contributed by atoms with E-state index in [0.29, 0.717) is 29.6 Å². The predicted octanol–water partition coefficient (Wildman–Crippen LogP) is 5.15. The van der Waals surface area contributed by atoms with Crippen molar-refractivity contribution in [1.82, 2.24) is 4.98 Å². The third kappa shape index (κ3) is 5.66. The highest BCUT2D eigenvalue weighted by Gasteiger charge is 2.23. The highest BCUT2D eigenvalue weighted by molar-refractivity contribution is 7.92. The van der Waals surface area contributed by atoms with E-state index in [-0.39, 0.29) is 20.5 Å². The number of nitrogens with zero attached hydrogens (tertiary/aromatic N) is 1. The number of ether oxygens (including phenoxy) is 1. The van der Waals surface area contributed by atoms with Crippen molar-refractivity contribution in [2.75, 3.05) is 16.6 Å². The van der Waals surface area contributed by atoms with Crippen molar-refractivity contribution >= 4 is 50.6 Å². The number of sulfonamides is 1. The van der Waals surface area contributed by atoms with Gasteiger partial charge >= 0.3 is 0 Å². The Morgan fingerprint density at radius 1 is 1.06 bits per heavy atom. The summed E-state index contributed by atoms with van der Waals surface area (Å²) in [5, 5.41) is 2.49. The van der Waals surface area contributed by atoms with Gasteiger partial charge in [0, 0.05) is 11.4 Å². The van der Waals surface area contributed by atoms with E-state index in [1.807, 2.05) is 6.92 Å². The summed E-state index contributed by atoms with van der Waals surface area (Å²) in [6.45, 7) is 4.12. The van der Waals surface area contributed by atoms with Crippen molar-refractivity contribution in [2.45, 2.75) is 18.7 Å². The topological polar surface area (TPSA) is 97.4 Å². The van der Waals surface area contributed by atoms with Crippen LogP contribution in [0.25, 0.3) is 0 Å². The van der Waals surface area contributed by atoms with Gasteiger partial charge in [-0.25, -0.2) is 13.4 Å². The van der Waals surface area contributed by atoms with Crippen LogP contribution in [0.3, 0.4) is 0 Å². The zero-order valence-electron chi connectivity index (χ0n) is 16.6. The normalized spacial score (nSPS) is 11.1. The molecule has 0 radical (unpaired) electrons. The molecule has 7 nitrogen and oxygen atoms in total. The van der Waals surface area contributed by atoms with Crippen molar-refractivity contribution in [3.8, 4) is 5.75 Å². The zero-order chi connectivity index (χ0) is 22.6. The molecule has 0 fully saturated rings. The number of aryl methyl sites for hydroxylation is 1. The molecule has 2 aromatic carbocycles. The van der Waals surface area contributed by atoms with E-state index in [1.54, 1.807) is 49.4 Å². The highest BCUT2D eigenvalue weighted by atomic mass is 35.5. The van der Waals surface area contributed by atoms with Gasteiger partial charge in [0.25, 0.3) is 15.9 Å². The van der Waals surface area contributed by atoms with Gasteiger partial charge in [0.15, 0.2) is 0 Å². The summed E-state index contributed by atoms with van der Waals surface area (Å²) in [5.74, 6) is 0.309. The highest BCUT2D eigenvalue weighted by Crippen LogP contribution is 2.31. The molecule has 0 atom stereocenters. The lowest BCUT2D eigenvalue weighted by Gasteiger charge is -2.13. The second-order valence-electron chi connectivity index (χ2n) is 6.44. The van der Waals surface area contributed by atoms with Crippen LogP contribution >= 0.6 is 23.2 Å². The maximum atomic E-state index is 12.9. The Hall–Kier alpha value is -2.81. The number of rotatable bonds is 7. The molecular formula is C21H19Cl2N3O4S.